The number of nitrogens with two attached hydrogens (primary N) is 2. The molecule has 12 nitrogen and oxygen atoms in total. The van der Waals surface area contributed by atoms with Crippen molar-refractivity contribution in [2.45, 2.75) is 19.6 Å². The lowest BCUT2D eigenvalue weighted by Gasteiger charge is -2.11. The number of hydrogen-bond acceptors (Lipinski definition) is 12. The minimum Gasteiger partial charge on any atom is -0.397 e. The highest BCUT2D eigenvalue weighted by molar-refractivity contribution is 7.99. The summed E-state index contributed by atoms with van der Waals surface area (Å²) in [6.45, 7) is 0. The first-order valence-electron chi connectivity index (χ1n) is 14.6. The van der Waals surface area contributed by atoms with Gasteiger partial charge in [-0.15, -0.1) is 44.0 Å². The van der Waals surface area contributed by atoms with Crippen LogP contribution < -0.4 is 11.5 Å². The zero-order valence-corrected chi connectivity index (χ0v) is 29.6. The van der Waals surface area contributed by atoms with Crippen LogP contribution in [0.4, 0.5) is 34.1 Å². The van der Waals surface area contributed by atoms with Crippen LogP contribution in [-0.2, 0) is 20.2 Å². The van der Waals surface area contributed by atoms with Crippen molar-refractivity contribution in [3.8, 4) is 11.1 Å². The van der Waals surface area contributed by atoms with E-state index >= 15 is 0 Å². The van der Waals surface area contributed by atoms with Gasteiger partial charge in [0.05, 0.1) is 34.1 Å². The number of fused-ring (bicyclic) bond motifs is 2. The Balaban J connectivity index is 1.34. The Morgan fingerprint density at radius 2 is 0.840 bits per heavy atom. The van der Waals surface area contributed by atoms with Crippen LogP contribution >= 0.6 is 23.5 Å². The molecule has 0 unspecified atom stereocenters. The zero-order chi connectivity index (χ0) is 35.8. The summed E-state index contributed by atoms with van der Waals surface area (Å²) in [5, 5.41) is 19.6. The highest BCUT2D eigenvalue weighted by Gasteiger charge is 2.20. The number of anilines is 2. The molecular weight excluding hydrogens is 717 g/mol. The van der Waals surface area contributed by atoms with Gasteiger partial charge in [0.25, 0.3) is 20.2 Å². The second-order valence-electron chi connectivity index (χ2n) is 10.8. The van der Waals surface area contributed by atoms with E-state index in [4.69, 9.17) is 11.5 Å². The molecule has 0 amide bonds. The molecule has 0 aliphatic heterocycles. The van der Waals surface area contributed by atoms with Gasteiger partial charge in [-0.3, -0.25) is 9.11 Å². The molecule has 16 heteroatoms. The van der Waals surface area contributed by atoms with Gasteiger partial charge in [-0.2, -0.15) is 16.8 Å². The second kappa shape index (κ2) is 13.8. The van der Waals surface area contributed by atoms with Crippen LogP contribution in [0.2, 0.25) is 0 Å². The van der Waals surface area contributed by atoms with Crippen LogP contribution in [0.15, 0.2) is 137 Å². The SMILES string of the molecule is CSc1cc(-c2ccc(/N=N/c3cc(S(=O)(=O)O)c(N)c4ccccc34)c(SC)c2)ccc1/N=N/c1cc(S(=O)(=O)O)c(N)c2ccccc12. The fourth-order valence-corrected chi connectivity index (χ4v) is 7.82. The standard InChI is InChI=1S/C34H28N6O6S4/c1-47-29-15-19(11-13-25(29)37-39-27-17-31(49(41,42)43)33(35)23-9-5-3-7-21(23)27)20-12-14-26(30(16-20)48-2)38-40-28-18-32(50(44,45)46)34(36)24-10-6-4-8-22(24)28/h3-18H,35-36H2,1-2H3,(H,41,42,43)(H,44,45,46)/b39-37+,40-38+. The summed E-state index contributed by atoms with van der Waals surface area (Å²) in [6, 6.07) is 27.4. The highest BCUT2D eigenvalue weighted by atomic mass is 32.2. The Hall–Kier alpha value is -4.84. The lowest BCUT2D eigenvalue weighted by molar-refractivity contribution is 0.481. The third-order valence-electron chi connectivity index (χ3n) is 7.83. The first kappa shape index (κ1) is 35.0. The van der Waals surface area contributed by atoms with E-state index in [1.807, 2.05) is 36.8 Å². The summed E-state index contributed by atoms with van der Waals surface area (Å²) < 4.78 is 67.6. The normalized spacial score (nSPS) is 12.5. The van der Waals surface area contributed by atoms with Crippen molar-refractivity contribution in [1.82, 2.24) is 0 Å². The molecule has 6 aromatic carbocycles. The zero-order valence-electron chi connectivity index (χ0n) is 26.3. The maximum atomic E-state index is 12.0. The monoisotopic (exact) mass is 744 g/mol. The quantitative estimate of drug-likeness (QED) is 0.0476. The lowest BCUT2D eigenvalue weighted by Crippen LogP contribution is -2.03. The van der Waals surface area contributed by atoms with Crippen molar-refractivity contribution < 1.29 is 25.9 Å². The number of rotatable bonds is 9. The van der Waals surface area contributed by atoms with E-state index < -0.39 is 30.0 Å². The van der Waals surface area contributed by atoms with Gasteiger partial charge in [-0.1, -0.05) is 60.7 Å². The summed E-state index contributed by atoms with van der Waals surface area (Å²) in [7, 11) is -9.21. The molecule has 254 valence electrons. The minimum atomic E-state index is -4.60. The minimum absolute atomic E-state index is 0.0710. The molecule has 0 saturated carbocycles. The molecule has 0 aromatic heterocycles. The molecule has 6 N–H and O–H groups in total. The largest absolute Gasteiger partial charge is 0.397 e. The summed E-state index contributed by atoms with van der Waals surface area (Å²) in [5.74, 6) is 0. The summed E-state index contributed by atoms with van der Waals surface area (Å²) >= 11 is 2.92. The fraction of sp³-hybridized carbons (Fsp3) is 0.0588. The van der Waals surface area contributed by atoms with Crippen LogP contribution in [0.25, 0.3) is 32.7 Å². The molecule has 6 rings (SSSR count). The van der Waals surface area contributed by atoms with Crippen LogP contribution in [0.3, 0.4) is 0 Å². The molecular formula is C34H28N6O6S4. The van der Waals surface area contributed by atoms with Gasteiger partial charge in [0.2, 0.25) is 0 Å². The van der Waals surface area contributed by atoms with E-state index in [1.165, 1.54) is 35.7 Å². The van der Waals surface area contributed by atoms with E-state index in [9.17, 15) is 25.9 Å². The maximum Gasteiger partial charge on any atom is 0.296 e. The number of azo groups is 2. The molecule has 0 fully saturated rings. The Morgan fingerprint density at radius 1 is 0.500 bits per heavy atom. The van der Waals surface area contributed by atoms with Gasteiger partial charge in [-0.05, 0) is 60.0 Å². The number of benzene rings is 6. The number of hydrogen-bond donors (Lipinski definition) is 4. The summed E-state index contributed by atoms with van der Waals surface area (Å²) in [6.07, 6.45) is 3.80. The van der Waals surface area contributed by atoms with Crippen molar-refractivity contribution in [3.05, 3.63) is 97.1 Å². The van der Waals surface area contributed by atoms with E-state index in [-0.39, 0.29) is 22.7 Å². The Kier molecular flexibility index (Phi) is 9.67. The average Bonchev–Trinajstić information content (AvgIpc) is 3.10. The molecule has 0 atom stereocenters. The third kappa shape index (κ3) is 6.94. The Labute approximate surface area is 296 Å². The van der Waals surface area contributed by atoms with Crippen LogP contribution in [0.1, 0.15) is 0 Å². The lowest BCUT2D eigenvalue weighted by atomic mass is 10.0. The van der Waals surface area contributed by atoms with Gasteiger partial charge in [-0.25, -0.2) is 0 Å². The predicted molar refractivity (Wildman–Crippen MR) is 200 cm³/mol. The van der Waals surface area contributed by atoms with Crippen LogP contribution in [0.5, 0.6) is 0 Å². The number of nitrogen functional groups attached to an aromatic ring is 2. The molecule has 0 saturated heterocycles. The smallest absolute Gasteiger partial charge is 0.296 e. The predicted octanol–water partition coefficient (Wildman–Crippen LogP) is 9.59. The van der Waals surface area contributed by atoms with E-state index in [0.717, 1.165) is 20.9 Å². The fourth-order valence-electron chi connectivity index (χ4n) is 5.39. The van der Waals surface area contributed by atoms with Crippen LogP contribution in [0, 0.1) is 0 Å². The summed E-state index contributed by atoms with van der Waals surface area (Å²) in [5.41, 5.74) is 15.3. The maximum absolute atomic E-state index is 12.0. The molecule has 0 bridgehead atoms. The van der Waals surface area contributed by atoms with E-state index in [2.05, 4.69) is 20.5 Å². The molecule has 6 aromatic rings. The average molecular weight is 745 g/mol. The van der Waals surface area contributed by atoms with E-state index in [0.29, 0.717) is 32.9 Å². The first-order chi connectivity index (χ1) is 23.8. The van der Waals surface area contributed by atoms with Crippen molar-refractivity contribution in [3.63, 3.8) is 0 Å². The molecule has 0 radical (unpaired) electrons. The molecule has 0 spiro atoms. The topological polar surface area (TPSA) is 210 Å². The number of nitrogens with zero attached hydrogens (tertiary/aromatic N) is 4. The third-order valence-corrected chi connectivity index (χ3v) is 11.2. The van der Waals surface area contributed by atoms with Gasteiger partial charge in [0, 0.05) is 31.3 Å². The van der Waals surface area contributed by atoms with Gasteiger partial charge in [0.1, 0.15) is 9.79 Å². The Bertz CT molecular complexity index is 2430. The second-order valence-corrected chi connectivity index (χ2v) is 15.3. The molecule has 50 heavy (non-hydrogen) atoms. The van der Waals surface area contributed by atoms with Crippen molar-refractivity contribution in [2.24, 2.45) is 20.5 Å². The van der Waals surface area contributed by atoms with Gasteiger partial charge >= 0.3 is 0 Å². The van der Waals surface area contributed by atoms with Crippen molar-refractivity contribution in [2.75, 3.05) is 24.0 Å². The highest BCUT2D eigenvalue weighted by Crippen LogP contribution is 2.41. The van der Waals surface area contributed by atoms with Crippen molar-refractivity contribution in [1.29, 1.82) is 0 Å². The van der Waals surface area contributed by atoms with E-state index in [1.54, 1.807) is 60.7 Å². The molecule has 0 aliphatic rings. The number of thioether (sulfide) groups is 2. The first-order valence-corrected chi connectivity index (χ1v) is 19.9. The molecule has 0 aliphatic carbocycles. The van der Waals surface area contributed by atoms with Gasteiger partial charge < -0.3 is 11.5 Å². The van der Waals surface area contributed by atoms with Crippen molar-refractivity contribution >= 4 is 99.4 Å². The summed E-state index contributed by atoms with van der Waals surface area (Å²) in [4.78, 5) is 0.728. The Morgan fingerprint density at radius 3 is 1.18 bits per heavy atom. The van der Waals surface area contributed by atoms with Gasteiger partial charge in [0.15, 0.2) is 0 Å². The van der Waals surface area contributed by atoms with Crippen LogP contribution in [-0.4, -0.2) is 38.5 Å². The molecule has 0 heterocycles.